The highest BCUT2D eigenvalue weighted by atomic mass is 32.2. The van der Waals surface area contributed by atoms with Crippen molar-refractivity contribution in [2.45, 2.75) is 17.5 Å². The van der Waals surface area contributed by atoms with E-state index in [-0.39, 0.29) is 17.7 Å². The Labute approximate surface area is 197 Å². The fraction of sp³-hybridized carbons (Fsp3) is 0.0909. The van der Waals surface area contributed by atoms with Crippen LogP contribution in [0.25, 0.3) is 0 Å². The molecule has 0 aliphatic rings. The number of hydrogen-bond acceptors (Lipinski definition) is 7. The van der Waals surface area contributed by atoms with Crippen LogP contribution in [0.15, 0.2) is 82.8 Å². The van der Waals surface area contributed by atoms with E-state index in [1.54, 1.807) is 0 Å². The highest BCUT2D eigenvalue weighted by Gasteiger charge is 2.30. The first-order chi connectivity index (χ1) is 16.4. The third-order valence-corrected chi connectivity index (χ3v) is 5.65. The summed E-state index contributed by atoms with van der Waals surface area (Å²) >= 11 is 0. The second-order valence-corrected chi connectivity index (χ2v) is 8.58. The Morgan fingerprint density at radius 3 is 2.49 bits per heavy atom. The molecule has 0 aliphatic heterocycles. The largest absolute Gasteiger partial charge is 0.416 e. The number of benzene rings is 3. The van der Waals surface area contributed by atoms with Crippen LogP contribution >= 0.6 is 0 Å². The number of hydrazone groups is 1. The highest BCUT2D eigenvalue weighted by molar-refractivity contribution is 7.87. The van der Waals surface area contributed by atoms with Crippen molar-refractivity contribution in [1.29, 1.82) is 0 Å². The maximum absolute atomic E-state index is 12.8. The number of rotatable bonds is 8. The number of carbonyl (C=O) groups is 1. The molecule has 9 nitrogen and oxygen atoms in total. The van der Waals surface area contributed by atoms with Crippen LogP contribution in [0.1, 0.15) is 16.7 Å². The number of halogens is 3. The Bertz CT molecular complexity index is 1390. The molecular formula is C22H16F3N3O6S. The molecule has 0 saturated carbocycles. The lowest BCUT2D eigenvalue weighted by Crippen LogP contribution is -2.20. The summed E-state index contributed by atoms with van der Waals surface area (Å²) in [5, 5.41) is 14.6. The summed E-state index contributed by atoms with van der Waals surface area (Å²) in [6, 6.07) is 14.3. The van der Waals surface area contributed by atoms with E-state index in [2.05, 4.69) is 10.5 Å². The van der Waals surface area contributed by atoms with Gasteiger partial charge in [-0.25, -0.2) is 5.43 Å². The van der Waals surface area contributed by atoms with Gasteiger partial charge in [0.2, 0.25) is 5.91 Å². The normalized spacial score (nSPS) is 11.9. The molecule has 0 atom stereocenters. The van der Waals surface area contributed by atoms with Gasteiger partial charge in [-0.1, -0.05) is 36.4 Å². The van der Waals surface area contributed by atoms with Crippen molar-refractivity contribution in [2.75, 3.05) is 0 Å². The molecule has 1 amide bonds. The van der Waals surface area contributed by atoms with Crippen LogP contribution in [0.4, 0.5) is 18.9 Å². The monoisotopic (exact) mass is 507 g/mol. The second-order valence-electron chi connectivity index (χ2n) is 7.03. The number of hydrogen-bond donors (Lipinski definition) is 1. The molecule has 182 valence electrons. The van der Waals surface area contributed by atoms with Crippen LogP contribution in [0.5, 0.6) is 5.75 Å². The Morgan fingerprint density at radius 2 is 1.77 bits per heavy atom. The molecule has 0 aliphatic carbocycles. The molecule has 0 unspecified atom stereocenters. The van der Waals surface area contributed by atoms with E-state index in [1.165, 1.54) is 48.7 Å². The van der Waals surface area contributed by atoms with Crippen LogP contribution in [-0.2, 0) is 27.5 Å². The molecule has 0 spiro atoms. The summed E-state index contributed by atoms with van der Waals surface area (Å²) in [4.78, 5) is 21.7. The van der Waals surface area contributed by atoms with Crippen molar-refractivity contribution in [3.63, 3.8) is 0 Å². The minimum absolute atomic E-state index is 0.115. The summed E-state index contributed by atoms with van der Waals surface area (Å²) in [6.07, 6.45) is -3.69. The Kier molecular flexibility index (Phi) is 7.49. The van der Waals surface area contributed by atoms with Crippen molar-refractivity contribution in [3.05, 3.63) is 99.6 Å². The number of non-ortho nitro benzene ring substituents is 1. The first-order valence-electron chi connectivity index (χ1n) is 9.71. The van der Waals surface area contributed by atoms with Crippen LogP contribution < -0.4 is 9.61 Å². The molecule has 0 saturated heterocycles. The number of nitro benzene ring substituents is 1. The van der Waals surface area contributed by atoms with Gasteiger partial charge in [0, 0.05) is 12.1 Å². The number of amides is 1. The fourth-order valence-electron chi connectivity index (χ4n) is 2.84. The van der Waals surface area contributed by atoms with Gasteiger partial charge < -0.3 is 4.18 Å². The minimum Gasteiger partial charge on any atom is -0.379 e. The van der Waals surface area contributed by atoms with Gasteiger partial charge >= 0.3 is 16.3 Å². The molecule has 0 heterocycles. The summed E-state index contributed by atoms with van der Waals surface area (Å²) in [6.45, 7) is 0. The van der Waals surface area contributed by atoms with Crippen LogP contribution in [0, 0.1) is 10.1 Å². The first kappa shape index (κ1) is 25.4. The van der Waals surface area contributed by atoms with E-state index in [1.807, 2.05) is 0 Å². The van der Waals surface area contributed by atoms with Gasteiger partial charge in [-0.05, 0) is 35.4 Å². The lowest BCUT2D eigenvalue weighted by molar-refractivity contribution is -0.385. The van der Waals surface area contributed by atoms with Crippen LogP contribution in [0.3, 0.4) is 0 Å². The van der Waals surface area contributed by atoms with Crippen LogP contribution in [0.2, 0.25) is 0 Å². The maximum Gasteiger partial charge on any atom is 0.416 e. The fourth-order valence-corrected chi connectivity index (χ4v) is 3.80. The van der Waals surface area contributed by atoms with Crippen molar-refractivity contribution >= 4 is 27.9 Å². The zero-order valence-electron chi connectivity index (χ0n) is 17.6. The molecule has 0 radical (unpaired) electrons. The zero-order chi connectivity index (χ0) is 25.6. The Hall–Kier alpha value is -4.26. The third kappa shape index (κ3) is 7.11. The molecule has 0 fully saturated rings. The van der Waals surface area contributed by atoms with Gasteiger partial charge in [0.05, 0.1) is 23.1 Å². The van der Waals surface area contributed by atoms with E-state index in [0.29, 0.717) is 5.56 Å². The number of nitrogens with zero attached hydrogens (tertiary/aromatic N) is 2. The highest BCUT2D eigenvalue weighted by Crippen LogP contribution is 2.29. The summed E-state index contributed by atoms with van der Waals surface area (Å²) in [5.41, 5.74) is 1.36. The molecule has 0 aromatic heterocycles. The van der Waals surface area contributed by atoms with E-state index in [0.717, 1.165) is 30.3 Å². The predicted molar refractivity (Wildman–Crippen MR) is 118 cm³/mol. The van der Waals surface area contributed by atoms with Crippen molar-refractivity contribution in [1.82, 2.24) is 5.43 Å². The molecule has 3 rings (SSSR count). The lowest BCUT2D eigenvalue weighted by Gasteiger charge is -2.08. The van der Waals surface area contributed by atoms with Gasteiger partial charge in [-0.2, -0.15) is 26.7 Å². The average molecular weight is 507 g/mol. The first-order valence-corrected chi connectivity index (χ1v) is 11.1. The Morgan fingerprint density at radius 1 is 1.06 bits per heavy atom. The maximum atomic E-state index is 12.8. The molecule has 1 N–H and O–H groups in total. The quantitative estimate of drug-likeness (QED) is 0.212. The predicted octanol–water partition coefficient (Wildman–Crippen LogP) is 4.07. The van der Waals surface area contributed by atoms with Crippen molar-refractivity contribution in [2.24, 2.45) is 5.10 Å². The number of alkyl halides is 3. The summed E-state index contributed by atoms with van der Waals surface area (Å²) < 4.78 is 68.2. The van der Waals surface area contributed by atoms with Gasteiger partial charge in [0.25, 0.3) is 5.69 Å². The van der Waals surface area contributed by atoms with Gasteiger partial charge in [-0.3, -0.25) is 14.9 Å². The minimum atomic E-state index is -4.53. The molecule has 3 aromatic carbocycles. The van der Waals surface area contributed by atoms with Crippen molar-refractivity contribution in [3.8, 4) is 5.75 Å². The standard InChI is InChI=1S/C22H16F3N3O6S/c23-22(24,25)17-6-1-4-15(10-17)12-21(29)27-26-14-16-5-2-8-19(11-16)34-35(32,33)20-9-3-7-18(13-20)28(30)31/h1-11,13-14H,12H2,(H,27,29)/b26-14-. The average Bonchev–Trinajstić information content (AvgIpc) is 2.79. The lowest BCUT2D eigenvalue weighted by atomic mass is 10.1. The SMILES string of the molecule is O=C(Cc1cccc(C(F)(F)F)c1)N/N=C\c1cccc(OS(=O)(=O)c2cccc([N+](=O)[O-])c2)c1. The molecule has 3 aromatic rings. The van der Waals surface area contributed by atoms with E-state index in [9.17, 15) is 36.5 Å². The summed E-state index contributed by atoms with van der Waals surface area (Å²) in [5.74, 6) is -0.781. The third-order valence-electron chi connectivity index (χ3n) is 4.40. The van der Waals surface area contributed by atoms with Gasteiger partial charge in [0.1, 0.15) is 10.6 Å². The molecular weight excluding hydrogens is 491 g/mol. The van der Waals surface area contributed by atoms with E-state index >= 15 is 0 Å². The van der Waals surface area contributed by atoms with Crippen LogP contribution in [-0.4, -0.2) is 25.5 Å². The number of nitrogens with one attached hydrogen (secondary N) is 1. The molecule has 13 heteroatoms. The topological polar surface area (TPSA) is 128 Å². The molecule has 0 bridgehead atoms. The van der Waals surface area contributed by atoms with E-state index in [4.69, 9.17) is 4.18 Å². The number of nitro groups is 1. The molecule has 35 heavy (non-hydrogen) atoms. The zero-order valence-corrected chi connectivity index (χ0v) is 18.4. The van der Waals surface area contributed by atoms with Gasteiger partial charge in [-0.15, -0.1) is 0 Å². The van der Waals surface area contributed by atoms with Gasteiger partial charge in [0.15, 0.2) is 0 Å². The van der Waals surface area contributed by atoms with E-state index < -0.39 is 43.3 Å². The smallest absolute Gasteiger partial charge is 0.379 e. The second kappa shape index (κ2) is 10.3. The van der Waals surface area contributed by atoms with Crippen molar-refractivity contribution < 1.29 is 35.5 Å². The Balaban J connectivity index is 1.64. The number of carbonyl (C=O) groups excluding carboxylic acids is 1. The summed E-state index contributed by atoms with van der Waals surface area (Å²) in [7, 11) is -4.37.